The number of carbonyl (C=O) groups excluding carboxylic acids is 1. The third-order valence-corrected chi connectivity index (χ3v) is 6.03. The van der Waals surface area contributed by atoms with E-state index in [2.05, 4.69) is 31.4 Å². The first-order chi connectivity index (χ1) is 15.4. The lowest BCUT2D eigenvalue weighted by molar-refractivity contribution is -0.138. The van der Waals surface area contributed by atoms with E-state index in [0.717, 1.165) is 17.3 Å². The Hall–Kier alpha value is -2.56. The van der Waals surface area contributed by atoms with Crippen LogP contribution in [0.15, 0.2) is 51.1 Å². The lowest BCUT2D eigenvalue weighted by atomic mass is 10.2. The maximum Gasteiger partial charge on any atom is 0.305 e. The summed E-state index contributed by atoms with van der Waals surface area (Å²) in [6, 6.07) is 10.9. The third-order valence-electron chi connectivity index (χ3n) is 4.12. The van der Waals surface area contributed by atoms with Crippen molar-refractivity contribution in [1.29, 1.82) is 0 Å². The van der Waals surface area contributed by atoms with Gasteiger partial charge in [0.15, 0.2) is 16.7 Å². The average molecular weight is 541 g/mol. The number of aliphatic carboxylic acids is 1. The van der Waals surface area contributed by atoms with E-state index >= 15 is 0 Å². The molecule has 2 N–H and O–H groups in total. The summed E-state index contributed by atoms with van der Waals surface area (Å²) in [6.45, 7) is 2.66. The van der Waals surface area contributed by atoms with Gasteiger partial charge in [-0.25, -0.2) is 0 Å². The van der Waals surface area contributed by atoms with Gasteiger partial charge in [-0.2, -0.15) is 5.10 Å². The Morgan fingerprint density at radius 1 is 1.31 bits per heavy atom. The van der Waals surface area contributed by atoms with Crippen molar-refractivity contribution in [2.45, 2.75) is 25.2 Å². The van der Waals surface area contributed by atoms with Gasteiger partial charge in [0.1, 0.15) is 11.9 Å². The quantitative estimate of drug-likeness (QED) is 0.359. The number of nitrogens with zero attached hydrogens (tertiary/aromatic N) is 2. The molecule has 2 aromatic rings. The van der Waals surface area contributed by atoms with E-state index in [4.69, 9.17) is 26.2 Å². The van der Waals surface area contributed by atoms with Crippen molar-refractivity contribution in [3.63, 3.8) is 0 Å². The van der Waals surface area contributed by atoms with Crippen molar-refractivity contribution in [3.8, 4) is 11.5 Å². The fraction of sp³-hybridized carbons (Fsp3) is 0.238. The van der Waals surface area contributed by atoms with Gasteiger partial charge in [0.2, 0.25) is 5.91 Å². The van der Waals surface area contributed by atoms with Crippen molar-refractivity contribution in [2.24, 2.45) is 10.2 Å². The van der Waals surface area contributed by atoms with Gasteiger partial charge in [-0.3, -0.25) is 9.59 Å². The van der Waals surface area contributed by atoms with Gasteiger partial charge in [0, 0.05) is 5.02 Å². The zero-order chi connectivity index (χ0) is 23.1. The molecule has 8 nitrogen and oxygen atoms in total. The molecule has 0 bridgehead atoms. The Morgan fingerprint density at radius 2 is 2.06 bits per heavy atom. The molecule has 1 aliphatic rings. The number of carboxylic acid groups (broad SMARTS) is 1. The van der Waals surface area contributed by atoms with Crippen molar-refractivity contribution in [1.82, 2.24) is 5.32 Å². The highest BCUT2D eigenvalue weighted by Gasteiger charge is 2.32. The smallest absolute Gasteiger partial charge is 0.305 e. The number of carbonyl (C=O) groups is 2. The van der Waals surface area contributed by atoms with Crippen LogP contribution < -0.4 is 14.8 Å². The average Bonchev–Trinajstić information content (AvgIpc) is 3.07. The number of nitrogens with one attached hydrogen (secondary N) is 1. The Balaban J connectivity index is 1.71. The molecule has 1 fully saturated rings. The van der Waals surface area contributed by atoms with Crippen molar-refractivity contribution in [3.05, 3.63) is 57.0 Å². The van der Waals surface area contributed by atoms with E-state index in [1.165, 1.54) is 6.21 Å². The molecule has 0 saturated carbocycles. The highest BCUT2D eigenvalue weighted by molar-refractivity contribution is 9.10. The molecule has 1 aliphatic heterocycles. The Bertz CT molecular complexity index is 1060. The normalized spacial score (nSPS) is 17.0. The Morgan fingerprint density at radius 3 is 2.75 bits per heavy atom. The predicted molar refractivity (Wildman–Crippen MR) is 128 cm³/mol. The number of rotatable bonds is 9. The molecule has 3 rings (SSSR count). The number of ether oxygens (including phenoxy) is 2. The minimum absolute atomic E-state index is 0.254. The van der Waals surface area contributed by atoms with Crippen LogP contribution in [0.25, 0.3) is 0 Å². The monoisotopic (exact) mass is 539 g/mol. The van der Waals surface area contributed by atoms with Crippen LogP contribution in [0.1, 0.15) is 24.5 Å². The number of thioether (sulfide) groups is 1. The fourth-order valence-electron chi connectivity index (χ4n) is 2.69. The molecular weight excluding hydrogens is 522 g/mol. The molecule has 32 heavy (non-hydrogen) atoms. The Kier molecular flexibility index (Phi) is 8.54. The molecule has 0 radical (unpaired) electrons. The summed E-state index contributed by atoms with van der Waals surface area (Å²) in [7, 11) is 0. The molecule has 1 unspecified atom stereocenters. The van der Waals surface area contributed by atoms with Crippen LogP contribution in [0.2, 0.25) is 5.02 Å². The first kappa shape index (κ1) is 24.1. The minimum Gasteiger partial charge on any atom is -0.490 e. The van der Waals surface area contributed by atoms with E-state index in [1.807, 2.05) is 19.1 Å². The first-order valence-electron chi connectivity index (χ1n) is 9.49. The zero-order valence-corrected chi connectivity index (χ0v) is 20.0. The number of hydrogen-bond donors (Lipinski definition) is 2. The van der Waals surface area contributed by atoms with Crippen molar-refractivity contribution in [2.75, 3.05) is 6.61 Å². The number of hydrogen-bond acceptors (Lipinski definition) is 7. The molecule has 0 spiro atoms. The van der Waals surface area contributed by atoms with Crippen LogP contribution in [-0.4, -0.2) is 40.2 Å². The molecular formula is C21H19BrClN3O5S. The van der Waals surface area contributed by atoms with Gasteiger partial charge in [-0.1, -0.05) is 35.5 Å². The van der Waals surface area contributed by atoms with Crippen molar-refractivity contribution >= 4 is 62.6 Å². The highest BCUT2D eigenvalue weighted by atomic mass is 79.9. The van der Waals surface area contributed by atoms with Crippen LogP contribution in [-0.2, 0) is 16.2 Å². The number of amidine groups is 1. The second-order valence-electron chi connectivity index (χ2n) is 6.52. The van der Waals surface area contributed by atoms with Crippen LogP contribution in [0.5, 0.6) is 11.5 Å². The maximum atomic E-state index is 11.8. The second-order valence-corrected chi connectivity index (χ2v) is 9.00. The van der Waals surface area contributed by atoms with Crippen LogP contribution in [0.4, 0.5) is 0 Å². The number of carboxylic acids is 1. The number of amides is 1. The van der Waals surface area contributed by atoms with E-state index in [0.29, 0.717) is 39.8 Å². The second kappa shape index (κ2) is 11.3. The van der Waals surface area contributed by atoms with Crippen LogP contribution in [0.3, 0.4) is 0 Å². The van der Waals surface area contributed by atoms with E-state index in [-0.39, 0.29) is 11.6 Å². The van der Waals surface area contributed by atoms with Gasteiger partial charge in [0.25, 0.3) is 0 Å². The van der Waals surface area contributed by atoms with E-state index in [9.17, 15) is 9.59 Å². The molecule has 1 saturated heterocycles. The highest BCUT2D eigenvalue weighted by Crippen LogP contribution is 2.37. The number of halogens is 2. The molecule has 11 heteroatoms. The molecule has 2 aromatic carbocycles. The van der Waals surface area contributed by atoms with Crippen molar-refractivity contribution < 1.29 is 24.2 Å². The summed E-state index contributed by atoms with van der Waals surface area (Å²) in [4.78, 5) is 22.6. The third kappa shape index (κ3) is 6.72. The summed E-state index contributed by atoms with van der Waals surface area (Å²) in [5.41, 5.74) is 1.66. The van der Waals surface area contributed by atoms with Gasteiger partial charge in [0.05, 0.1) is 23.7 Å². The molecule has 0 aliphatic carbocycles. The first-order valence-corrected chi connectivity index (χ1v) is 11.5. The maximum absolute atomic E-state index is 11.8. The molecule has 1 heterocycles. The molecule has 1 atom stereocenters. The summed E-state index contributed by atoms with van der Waals surface area (Å²) in [6.07, 6.45) is 1.22. The summed E-state index contributed by atoms with van der Waals surface area (Å²) in [5.74, 6) is -0.348. The van der Waals surface area contributed by atoms with Gasteiger partial charge < -0.3 is 19.9 Å². The Labute approximate surface area is 202 Å². The largest absolute Gasteiger partial charge is 0.490 e. The lowest BCUT2D eigenvalue weighted by Gasteiger charge is -2.14. The van der Waals surface area contributed by atoms with E-state index in [1.54, 1.807) is 24.3 Å². The van der Waals surface area contributed by atoms with Crippen LogP contribution >= 0.6 is 39.3 Å². The topological polar surface area (TPSA) is 110 Å². The molecule has 1 amide bonds. The zero-order valence-electron chi connectivity index (χ0n) is 16.9. The van der Waals surface area contributed by atoms with Gasteiger partial charge in [-0.15, -0.1) is 5.10 Å². The SMILES string of the molecule is CCOc1cc(/C=N/N=C2\NC(=O)C(CC(=O)O)S2)cc(Br)c1OCc1ccc(Cl)cc1. The van der Waals surface area contributed by atoms with Gasteiger partial charge in [-0.05, 0) is 58.2 Å². The number of benzene rings is 2. The standard InChI is InChI=1S/C21H19BrClN3O5S/c1-2-30-16-8-13(10-24-26-21-25-20(29)17(32-21)9-18(27)28)7-15(22)19(16)31-11-12-3-5-14(23)6-4-12/h3-8,10,17H,2,9,11H2,1H3,(H,27,28)(H,25,26,29)/b24-10+. The predicted octanol–water partition coefficient (Wildman–Crippen LogP) is 4.48. The molecule has 168 valence electrons. The summed E-state index contributed by atoms with van der Waals surface area (Å²) < 4.78 is 12.4. The van der Waals surface area contributed by atoms with E-state index < -0.39 is 17.1 Å². The lowest BCUT2D eigenvalue weighted by Crippen LogP contribution is -2.26. The fourth-order valence-corrected chi connectivity index (χ4v) is 4.31. The summed E-state index contributed by atoms with van der Waals surface area (Å²) >= 11 is 10.5. The minimum atomic E-state index is -1.05. The molecule has 0 aromatic heterocycles. The van der Waals surface area contributed by atoms with Crippen LogP contribution in [0, 0.1) is 0 Å². The summed E-state index contributed by atoms with van der Waals surface area (Å²) in [5, 5.41) is 19.5. The van der Waals surface area contributed by atoms with Gasteiger partial charge >= 0.3 is 5.97 Å².